The minimum absolute atomic E-state index is 0.593. The van der Waals surface area contributed by atoms with Gasteiger partial charge in [-0.3, -0.25) is 0 Å². The molecule has 0 fully saturated rings. The summed E-state index contributed by atoms with van der Waals surface area (Å²) in [5, 5.41) is 3.29. The summed E-state index contributed by atoms with van der Waals surface area (Å²) in [5.41, 5.74) is 1.01. The monoisotopic (exact) mass is 250 g/mol. The maximum absolute atomic E-state index is 4.56. The molecule has 0 aliphatic carbocycles. The molecule has 0 saturated heterocycles. The summed E-state index contributed by atoms with van der Waals surface area (Å²) in [6, 6.07) is 2.04. The third kappa shape index (κ3) is 4.90. The van der Waals surface area contributed by atoms with Crippen molar-refractivity contribution in [2.45, 2.75) is 40.5 Å². The molecule has 1 aromatic rings. The molecule has 1 rings (SSSR count). The average Bonchev–Trinajstić information content (AvgIpc) is 2.32. The van der Waals surface area contributed by atoms with E-state index in [9.17, 15) is 0 Å². The zero-order valence-corrected chi connectivity index (χ0v) is 12.3. The van der Waals surface area contributed by atoms with Crippen LogP contribution in [0.4, 0.5) is 11.8 Å². The Hall–Kier alpha value is -1.32. The van der Waals surface area contributed by atoms with Crippen molar-refractivity contribution in [3.8, 4) is 0 Å². The summed E-state index contributed by atoms with van der Waals surface area (Å²) in [5.74, 6) is 2.33. The Morgan fingerprint density at radius 1 is 1.33 bits per heavy atom. The molecule has 18 heavy (non-hydrogen) atoms. The van der Waals surface area contributed by atoms with Gasteiger partial charge in [0.25, 0.3) is 0 Å². The summed E-state index contributed by atoms with van der Waals surface area (Å²) in [6.45, 7) is 10.5. The number of nitrogens with zero attached hydrogens (tertiary/aromatic N) is 3. The topological polar surface area (TPSA) is 41.1 Å². The van der Waals surface area contributed by atoms with E-state index >= 15 is 0 Å². The second kappa shape index (κ2) is 7.19. The van der Waals surface area contributed by atoms with Crippen LogP contribution in [0.3, 0.4) is 0 Å². The number of hydrogen-bond acceptors (Lipinski definition) is 4. The highest BCUT2D eigenvalue weighted by molar-refractivity contribution is 5.44. The predicted octanol–water partition coefficient (Wildman–Crippen LogP) is 3.09. The van der Waals surface area contributed by atoms with Crippen LogP contribution in [0.1, 0.15) is 39.3 Å². The van der Waals surface area contributed by atoms with Gasteiger partial charge in [0, 0.05) is 31.9 Å². The highest BCUT2D eigenvalue weighted by atomic mass is 15.2. The fourth-order valence-corrected chi connectivity index (χ4v) is 1.63. The van der Waals surface area contributed by atoms with Crippen LogP contribution in [-0.2, 0) is 0 Å². The molecular formula is C14H26N4. The molecule has 0 unspecified atom stereocenters. The van der Waals surface area contributed by atoms with E-state index < -0.39 is 0 Å². The van der Waals surface area contributed by atoms with Gasteiger partial charge in [-0.2, -0.15) is 4.98 Å². The lowest BCUT2D eigenvalue weighted by Crippen LogP contribution is -2.21. The van der Waals surface area contributed by atoms with Crippen LogP contribution in [0.25, 0.3) is 0 Å². The summed E-state index contributed by atoms with van der Waals surface area (Å²) >= 11 is 0. The Morgan fingerprint density at radius 2 is 2.06 bits per heavy atom. The van der Waals surface area contributed by atoms with Crippen LogP contribution in [0.5, 0.6) is 0 Å². The molecule has 1 N–H and O–H groups in total. The molecule has 0 aliphatic rings. The van der Waals surface area contributed by atoms with Gasteiger partial charge >= 0.3 is 0 Å². The van der Waals surface area contributed by atoms with E-state index in [0.29, 0.717) is 5.92 Å². The van der Waals surface area contributed by atoms with E-state index in [1.807, 2.05) is 13.0 Å². The summed E-state index contributed by atoms with van der Waals surface area (Å²) in [6.07, 6.45) is 2.39. The number of hydrogen-bond donors (Lipinski definition) is 1. The van der Waals surface area contributed by atoms with Crippen molar-refractivity contribution in [3.05, 3.63) is 11.8 Å². The van der Waals surface area contributed by atoms with E-state index in [1.54, 1.807) is 0 Å². The first kappa shape index (κ1) is 14.7. The Labute approximate surface area is 111 Å². The molecule has 0 amide bonds. The SMILES string of the molecule is CCCCN(C)c1cc(C)nc(NCC(C)C)n1. The van der Waals surface area contributed by atoms with Gasteiger partial charge in [-0.15, -0.1) is 0 Å². The van der Waals surface area contributed by atoms with E-state index in [2.05, 4.69) is 48.0 Å². The number of aryl methyl sites for hydroxylation is 1. The summed E-state index contributed by atoms with van der Waals surface area (Å²) in [4.78, 5) is 11.2. The van der Waals surface area contributed by atoms with Crippen molar-refractivity contribution >= 4 is 11.8 Å². The summed E-state index contributed by atoms with van der Waals surface area (Å²) in [7, 11) is 2.09. The second-order valence-electron chi connectivity index (χ2n) is 5.24. The zero-order chi connectivity index (χ0) is 13.5. The van der Waals surface area contributed by atoms with Crippen molar-refractivity contribution in [2.24, 2.45) is 5.92 Å². The van der Waals surface area contributed by atoms with Crippen LogP contribution in [0, 0.1) is 12.8 Å². The standard InChI is InChI=1S/C14H26N4/c1-6-7-8-18(5)13-9-12(4)16-14(17-13)15-10-11(2)3/h9,11H,6-8,10H2,1-5H3,(H,15,16,17). The molecule has 0 aliphatic heterocycles. The molecule has 0 aromatic carbocycles. The maximum atomic E-state index is 4.56. The molecule has 0 atom stereocenters. The predicted molar refractivity (Wildman–Crippen MR) is 78.3 cm³/mol. The van der Waals surface area contributed by atoms with Crippen molar-refractivity contribution in [1.29, 1.82) is 0 Å². The van der Waals surface area contributed by atoms with Gasteiger partial charge < -0.3 is 10.2 Å². The minimum Gasteiger partial charge on any atom is -0.360 e. The van der Waals surface area contributed by atoms with Crippen molar-refractivity contribution in [1.82, 2.24) is 9.97 Å². The fourth-order valence-electron chi connectivity index (χ4n) is 1.63. The molecule has 0 spiro atoms. The van der Waals surface area contributed by atoms with E-state index in [1.165, 1.54) is 12.8 Å². The number of rotatable bonds is 7. The number of unbranched alkanes of at least 4 members (excludes halogenated alkanes) is 1. The van der Waals surface area contributed by atoms with Gasteiger partial charge in [-0.25, -0.2) is 4.98 Å². The van der Waals surface area contributed by atoms with Crippen LogP contribution in [0.2, 0.25) is 0 Å². The van der Waals surface area contributed by atoms with Crippen molar-refractivity contribution in [2.75, 3.05) is 30.4 Å². The van der Waals surface area contributed by atoms with Crippen LogP contribution in [-0.4, -0.2) is 30.1 Å². The first-order valence-electron chi connectivity index (χ1n) is 6.83. The smallest absolute Gasteiger partial charge is 0.224 e. The first-order valence-corrected chi connectivity index (χ1v) is 6.83. The van der Waals surface area contributed by atoms with Crippen LogP contribution < -0.4 is 10.2 Å². The maximum Gasteiger partial charge on any atom is 0.224 e. The van der Waals surface area contributed by atoms with Gasteiger partial charge in [0.1, 0.15) is 5.82 Å². The number of aromatic nitrogens is 2. The Bertz CT molecular complexity index is 363. The Kier molecular flexibility index (Phi) is 5.89. The van der Waals surface area contributed by atoms with Crippen LogP contribution >= 0.6 is 0 Å². The van der Waals surface area contributed by atoms with Crippen LogP contribution in [0.15, 0.2) is 6.07 Å². The lowest BCUT2D eigenvalue weighted by Gasteiger charge is -2.19. The molecule has 102 valence electrons. The quantitative estimate of drug-likeness (QED) is 0.807. The molecular weight excluding hydrogens is 224 g/mol. The molecule has 0 radical (unpaired) electrons. The minimum atomic E-state index is 0.593. The average molecular weight is 250 g/mol. The van der Waals surface area contributed by atoms with E-state index in [-0.39, 0.29) is 0 Å². The Balaban J connectivity index is 2.73. The largest absolute Gasteiger partial charge is 0.360 e. The Morgan fingerprint density at radius 3 is 2.67 bits per heavy atom. The number of nitrogens with one attached hydrogen (secondary N) is 1. The molecule has 4 nitrogen and oxygen atoms in total. The first-order chi connectivity index (χ1) is 8.52. The highest BCUT2D eigenvalue weighted by Crippen LogP contribution is 2.14. The number of anilines is 2. The fraction of sp³-hybridized carbons (Fsp3) is 0.714. The van der Waals surface area contributed by atoms with Crippen molar-refractivity contribution < 1.29 is 0 Å². The lowest BCUT2D eigenvalue weighted by molar-refractivity contribution is 0.683. The molecule has 0 bridgehead atoms. The molecule has 0 saturated carbocycles. The van der Waals surface area contributed by atoms with Gasteiger partial charge in [0.05, 0.1) is 0 Å². The molecule has 4 heteroatoms. The normalized spacial score (nSPS) is 10.8. The second-order valence-corrected chi connectivity index (χ2v) is 5.24. The van der Waals surface area contributed by atoms with Gasteiger partial charge in [-0.05, 0) is 19.3 Å². The van der Waals surface area contributed by atoms with Gasteiger partial charge in [-0.1, -0.05) is 27.2 Å². The summed E-state index contributed by atoms with van der Waals surface area (Å²) < 4.78 is 0. The molecule has 1 heterocycles. The third-order valence-corrected chi connectivity index (χ3v) is 2.75. The van der Waals surface area contributed by atoms with E-state index in [4.69, 9.17) is 0 Å². The molecule has 1 aromatic heterocycles. The highest BCUT2D eigenvalue weighted by Gasteiger charge is 2.06. The lowest BCUT2D eigenvalue weighted by atomic mass is 10.2. The van der Waals surface area contributed by atoms with Gasteiger partial charge in [0.15, 0.2) is 0 Å². The zero-order valence-electron chi connectivity index (χ0n) is 12.3. The third-order valence-electron chi connectivity index (χ3n) is 2.75. The van der Waals surface area contributed by atoms with Crippen molar-refractivity contribution in [3.63, 3.8) is 0 Å². The van der Waals surface area contributed by atoms with Gasteiger partial charge in [0.2, 0.25) is 5.95 Å². The van der Waals surface area contributed by atoms with E-state index in [0.717, 1.165) is 30.5 Å².